The van der Waals surface area contributed by atoms with Crippen molar-refractivity contribution >= 4 is 36.5 Å². The van der Waals surface area contributed by atoms with Crippen molar-refractivity contribution in [2.75, 3.05) is 6.61 Å². The molecule has 0 aliphatic rings. The fourth-order valence-corrected chi connectivity index (χ4v) is 1.52. The lowest BCUT2D eigenvalue weighted by Crippen LogP contribution is -1.88. The summed E-state index contributed by atoms with van der Waals surface area (Å²) in [6.45, 7) is -3.09. The van der Waals surface area contributed by atoms with E-state index in [1.165, 1.54) is 0 Å². The van der Waals surface area contributed by atoms with Gasteiger partial charge >= 0.3 is 6.72 Å². The molecule has 6 heteroatoms. The fraction of sp³-hybridized carbons (Fsp3) is 0.111. The first kappa shape index (κ1) is 12.8. The quantitative estimate of drug-likeness (QED) is 0.830. The van der Waals surface area contributed by atoms with Crippen LogP contribution in [0.1, 0.15) is 5.56 Å². The van der Waals surface area contributed by atoms with Crippen LogP contribution in [0.5, 0.6) is 0 Å². The maximum atomic E-state index is 9.14. The summed E-state index contributed by atoms with van der Waals surface area (Å²) in [5.74, 6) is 0. The predicted octanol–water partition coefficient (Wildman–Crippen LogP) is 3.10. The molecule has 1 aromatic rings. The first-order valence-corrected chi connectivity index (χ1v) is 7.03. The fourth-order valence-electron chi connectivity index (χ4n) is 0.905. The van der Waals surface area contributed by atoms with E-state index < -0.39 is 6.72 Å². The molecule has 1 N–H and O–H groups in total. The van der Waals surface area contributed by atoms with Crippen LogP contribution in [0.25, 0.3) is 6.08 Å². The van der Waals surface area contributed by atoms with E-state index in [1.807, 2.05) is 36.4 Å². The van der Waals surface area contributed by atoms with E-state index >= 15 is 0 Å². The SMILES string of the molecule is OP(=S)(OCl)OCC=Cc1ccccc1. The molecule has 1 unspecified atom stereocenters. The van der Waals surface area contributed by atoms with Crippen LogP contribution >= 0.6 is 18.6 Å². The van der Waals surface area contributed by atoms with Gasteiger partial charge < -0.3 is 9.42 Å². The van der Waals surface area contributed by atoms with Crippen LogP contribution in [0.3, 0.4) is 0 Å². The second-order valence-corrected chi connectivity index (χ2v) is 5.78. The summed E-state index contributed by atoms with van der Waals surface area (Å²) in [7, 11) is 0. The summed E-state index contributed by atoms with van der Waals surface area (Å²) >= 11 is 9.47. The smallest absolute Gasteiger partial charge is 0.324 e. The molecular formula is C9H10ClO3PS. The van der Waals surface area contributed by atoms with Gasteiger partial charge in [-0.2, -0.15) is 4.08 Å². The zero-order chi connectivity index (χ0) is 11.1. The van der Waals surface area contributed by atoms with E-state index in [2.05, 4.69) is 15.9 Å². The maximum absolute atomic E-state index is 9.14. The summed E-state index contributed by atoms with van der Waals surface area (Å²) in [6, 6.07) is 9.69. The predicted molar refractivity (Wildman–Crippen MR) is 64.9 cm³/mol. The molecule has 0 radical (unpaired) electrons. The standard InChI is InChI=1S/C9H10ClO3PS/c10-13-14(11,15)12-8-4-7-9-5-2-1-3-6-9/h1-7H,8H2,(H,11,15). The summed E-state index contributed by atoms with van der Waals surface area (Å²) in [5, 5.41) is 0. The topological polar surface area (TPSA) is 38.7 Å². The van der Waals surface area contributed by atoms with Crippen molar-refractivity contribution in [1.82, 2.24) is 0 Å². The molecule has 0 fully saturated rings. The van der Waals surface area contributed by atoms with Gasteiger partial charge in [-0.15, -0.1) is 0 Å². The Kier molecular flexibility index (Phi) is 5.47. The molecule has 82 valence electrons. The molecule has 0 aliphatic heterocycles. The molecule has 0 spiro atoms. The first-order valence-electron chi connectivity index (χ1n) is 4.13. The lowest BCUT2D eigenvalue weighted by Gasteiger charge is -2.07. The lowest BCUT2D eigenvalue weighted by molar-refractivity contribution is 0.292. The Hall–Kier alpha value is -0.220. The second-order valence-electron chi connectivity index (χ2n) is 2.65. The third-order valence-corrected chi connectivity index (χ3v) is 3.53. The summed E-state index contributed by atoms with van der Waals surface area (Å²) in [4.78, 5) is 9.14. The normalized spacial score (nSPS) is 15.3. The minimum atomic E-state index is -3.25. The Labute approximate surface area is 98.7 Å². The Morgan fingerprint density at radius 3 is 2.67 bits per heavy atom. The number of hydrogen-bond donors (Lipinski definition) is 1. The summed E-state index contributed by atoms with van der Waals surface area (Å²) < 4.78 is 8.93. The van der Waals surface area contributed by atoms with Gasteiger partial charge in [-0.3, -0.25) is 0 Å². The van der Waals surface area contributed by atoms with Crippen molar-refractivity contribution in [3.63, 3.8) is 0 Å². The van der Waals surface area contributed by atoms with Crippen molar-refractivity contribution in [3.05, 3.63) is 42.0 Å². The van der Waals surface area contributed by atoms with E-state index in [1.54, 1.807) is 6.08 Å². The Morgan fingerprint density at radius 1 is 1.40 bits per heavy atom. The second kappa shape index (κ2) is 6.38. The van der Waals surface area contributed by atoms with Gasteiger partial charge in [0.15, 0.2) is 0 Å². The van der Waals surface area contributed by atoms with Crippen molar-refractivity contribution in [2.24, 2.45) is 0 Å². The minimum Gasteiger partial charge on any atom is -0.324 e. The van der Waals surface area contributed by atoms with Gasteiger partial charge in [0.2, 0.25) is 0 Å². The van der Waals surface area contributed by atoms with Crippen molar-refractivity contribution in [3.8, 4) is 0 Å². The van der Waals surface area contributed by atoms with Crippen LogP contribution in [0.4, 0.5) is 0 Å². The van der Waals surface area contributed by atoms with Gasteiger partial charge in [0, 0.05) is 0 Å². The molecule has 0 amide bonds. The molecule has 1 atom stereocenters. The first-order chi connectivity index (χ1) is 7.14. The van der Waals surface area contributed by atoms with Crippen LogP contribution in [0.15, 0.2) is 36.4 Å². The van der Waals surface area contributed by atoms with E-state index in [-0.39, 0.29) is 6.61 Å². The number of rotatable bonds is 5. The van der Waals surface area contributed by atoms with Gasteiger partial charge in [0.25, 0.3) is 0 Å². The highest BCUT2D eigenvalue weighted by molar-refractivity contribution is 8.07. The molecule has 3 nitrogen and oxygen atoms in total. The van der Waals surface area contributed by atoms with Crippen molar-refractivity contribution < 1.29 is 13.5 Å². The van der Waals surface area contributed by atoms with Crippen LogP contribution < -0.4 is 0 Å². The molecule has 0 aliphatic carbocycles. The molecule has 0 heterocycles. The van der Waals surface area contributed by atoms with Gasteiger partial charge in [-0.05, 0) is 17.4 Å². The number of benzene rings is 1. The average Bonchev–Trinajstić information content (AvgIpc) is 2.26. The van der Waals surface area contributed by atoms with Gasteiger partial charge in [-0.1, -0.05) is 42.5 Å². The largest absolute Gasteiger partial charge is 0.341 e. The lowest BCUT2D eigenvalue weighted by atomic mass is 10.2. The zero-order valence-corrected chi connectivity index (χ0v) is 10.2. The van der Waals surface area contributed by atoms with Gasteiger partial charge in [-0.25, -0.2) is 0 Å². The Bertz CT molecular complexity index is 369. The van der Waals surface area contributed by atoms with Crippen LogP contribution in [0.2, 0.25) is 0 Å². The summed E-state index contributed by atoms with van der Waals surface area (Å²) in [5.41, 5.74) is 1.04. The molecule has 0 saturated carbocycles. The zero-order valence-electron chi connectivity index (χ0n) is 7.75. The highest BCUT2D eigenvalue weighted by Gasteiger charge is 2.12. The molecule has 1 rings (SSSR count). The molecule has 1 aromatic carbocycles. The van der Waals surface area contributed by atoms with E-state index in [0.717, 1.165) is 5.56 Å². The minimum absolute atomic E-state index is 0.162. The van der Waals surface area contributed by atoms with Gasteiger partial charge in [0.1, 0.15) is 0 Å². The van der Waals surface area contributed by atoms with E-state index in [0.29, 0.717) is 0 Å². The third-order valence-electron chi connectivity index (χ3n) is 1.53. The van der Waals surface area contributed by atoms with Crippen molar-refractivity contribution in [2.45, 2.75) is 0 Å². The maximum Gasteiger partial charge on any atom is 0.341 e. The monoisotopic (exact) mass is 264 g/mol. The van der Waals surface area contributed by atoms with E-state index in [4.69, 9.17) is 21.3 Å². The average molecular weight is 265 g/mol. The highest BCUT2D eigenvalue weighted by Crippen LogP contribution is 2.44. The molecule has 15 heavy (non-hydrogen) atoms. The molecule has 0 saturated heterocycles. The molecule has 0 bridgehead atoms. The van der Waals surface area contributed by atoms with Crippen molar-refractivity contribution in [1.29, 1.82) is 0 Å². The number of halogens is 1. The van der Waals surface area contributed by atoms with E-state index in [9.17, 15) is 0 Å². The highest BCUT2D eigenvalue weighted by atomic mass is 35.5. The molecular weight excluding hydrogens is 255 g/mol. The summed E-state index contributed by atoms with van der Waals surface area (Å²) in [6.07, 6.45) is 3.58. The Balaban J connectivity index is 2.39. The van der Waals surface area contributed by atoms with Gasteiger partial charge in [0.05, 0.1) is 18.5 Å². The van der Waals surface area contributed by atoms with Crippen LogP contribution in [-0.4, -0.2) is 11.5 Å². The number of hydrogen-bond acceptors (Lipinski definition) is 3. The Morgan fingerprint density at radius 2 is 2.07 bits per heavy atom. The third kappa shape index (κ3) is 5.42. The van der Waals surface area contributed by atoms with Crippen LogP contribution in [0, 0.1) is 0 Å². The van der Waals surface area contributed by atoms with Crippen LogP contribution in [-0.2, 0) is 20.4 Å². The molecule has 0 aromatic heterocycles.